The van der Waals surface area contributed by atoms with Crippen LogP contribution < -0.4 is 4.74 Å². The Hall–Kier alpha value is -0.840. The number of nitrogens with zero attached hydrogens (tertiary/aromatic N) is 1. The van der Waals surface area contributed by atoms with Crippen molar-refractivity contribution >= 4 is 55.4 Å². The summed E-state index contributed by atoms with van der Waals surface area (Å²) in [5, 5.41) is 0.723. The summed E-state index contributed by atoms with van der Waals surface area (Å²) >= 11 is 13.2. The summed E-state index contributed by atoms with van der Waals surface area (Å²) in [6.45, 7) is 4.74. The molecule has 2 aromatic carbocycles. The van der Waals surface area contributed by atoms with Crippen molar-refractivity contribution in [2.75, 3.05) is 6.61 Å². The lowest BCUT2D eigenvalue weighted by Gasteiger charge is -2.10. The van der Waals surface area contributed by atoms with Crippen molar-refractivity contribution in [1.29, 1.82) is 0 Å². The van der Waals surface area contributed by atoms with Crippen molar-refractivity contribution in [1.82, 2.24) is 0 Å². The van der Waals surface area contributed by atoms with Gasteiger partial charge in [-0.15, -0.1) is 0 Å². The Labute approximate surface area is 152 Å². The lowest BCUT2D eigenvalue weighted by molar-refractivity contribution is 0.313. The van der Waals surface area contributed by atoms with E-state index < -0.39 is 0 Å². The third-order valence-corrected chi connectivity index (χ3v) is 4.57. The van der Waals surface area contributed by atoms with Crippen LogP contribution in [0.1, 0.15) is 24.5 Å². The Morgan fingerprint density at radius 3 is 2.45 bits per heavy atom. The van der Waals surface area contributed by atoms with Crippen molar-refractivity contribution in [3.8, 4) is 5.75 Å². The topological polar surface area (TPSA) is 21.6 Å². The minimum Gasteiger partial charge on any atom is -0.491 e. The monoisotopic (exact) mass is 443 g/mol. The molecule has 0 fully saturated rings. The first kappa shape index (κ1) is 17.5. The van der Waals surface area contributed by atoms with Gasteiger partial charge in [-0.25, -0.2) is 0 Å². The predicted molar refractivity (Wildman–Crippen MR) is 101 cm³/mol. The SMILES string of the molecule is CCCOc1c(Br)cc(C=Nc2ccc(C)c(Cl)c2)cc1Br. The Bertz CT molecular complexity index is 678. The third-order valence-electron chi connectivity index (χ3n) is 2.99. The van der Waals surface area contributed by atoms with E-state index in [0.717, 1.165) is 43.0 Å². The second-order valence-electron chi connectivity index (χ2n) is 4.85. The highest BCUT2D eigenvalue weighted by molar-refractivity contribution is 9.11. The minimum absolute atomic E-state index is 0.687. The molecule has 0 bridgehead atoms. The van der Waals surface area contributed by atoms with Gasteiger partial charge in [0.25, 0.3) is 0 Å². The first-order chi connectivity index (χ1) is 10.5. The van der Waals surface area contributed by atoms with Crippen LogP contribution in [0.5, 0.6) is 5.75 Å². The maximum absolute atomic E-state index is 6.11. The van der Waals surface area contributed by atoms with Gasteiger partial charge in [0.05, 0.1) is 21.2 Å². The maximum atomic E-state index is 6.11. The molecule has 0 aliphatic heterocycles. The fourth-order valence-electron chi connectivity index (χ4n) is 1.81. The van der Waals surface area contributed by atoms with E-state index in [1.807, 2.05) is 37.3 Å². The summed E-state index contributed by atoms with van der Waals surface area (Å²) in [5.74, 6) is 0.817. The zero-order valence-electron chi connectivity index (χ0n) is 12.4. The molecular weight excluding hydrogens is 429 g/mol. The molecule has 2 aromatic rings. The largest absolute Gasteiger partial charge is 0.491 e. The zero-order valence-corrected chi connectivity index (χ0v) is 16.3. The van der Waals surface area contributed by atoms with Crippen LogP contribution in [0, 0.1) is 6.92 Å². The van der Waals surface area contributed by atoms with Gasteiger partial charge in [-0.2, -0.15) is 0 Å². The highest BCUT2D eigenvalue weighted by Crippen LogP contribution is 2.34. The number of aryl methyl sites for hydroxylation is 1. The van der Waals surface area contributed by atoms with Crippen LogP contribution in [0.25, 0.3) is 0 Å². The molecule has 0 spiro atoms. The van der Waals surface area contributed by atoms with Crippen molar-refractivity contribution in [3.63, 3.8) is 0 Å². The molecule has 2 nitrogen and oxygen atoms in total. The van der Waals surface area contributed by atoms with E-state index in [1.165, 1.54) is 0 Å². The van der Waals surface area contributed by atoms with Gasteiger partial charge in [-0.05, 0) is 80.6 Å². The standard InChI is InChI=1S/C17H16Br2ClNO/c1-3-6-22-17-14(18)7-12(8-15(17)19)10-21-13-5-4-11(2)16(20)9-13/h4-5,7-10H,3,6H2,1-2H3. The molecule has 0 aromatic heterocycles. The second kappa shape index (κ2) is 8.14. The molecule has 0 atom stereocenters. The molecule has 0 amide bonds. The van der Waals surface area contributed by atoms with Crippen LogP contribution in [0.2, 0.25) is 5.02 Å². The van der Waals surface area contributed by atoms with Gasteiger partial charge in [0.2, 0.25) is 0 Å². The smallest absolute Gasteiger partial charge is 0.147 e. The normalized spacial score (nSPS) is 11.1. The summed E-state index contributed by atoms with van der Waals surface area (Å²) in [5.41, 5.74) is 2.84. The third kappa shape index (κ3) is 4.58. The fourth-order valence-corrected chi connectivity index (χ4v) is 3.43. The highest BCUT2D eigenvalue weighted by atomic mass is 79.9. The number of ether oxygens (including phenoxy) is 1. The Balaban J connectivity index is 2.22. The quantitative estimate of drug-likeness (QED) is 0.469. The molecule has 2 rings (SSSR count). The van der Waals surface area contributed by atoms with Crippen molar-refractivity contribution < 1.29 is 4.74 Å². The van der Waals surface area contributed by atoms with Gasteiger partial charge in [0.1, 0.15) is 5.75 Å². The predicted octanol–water partition coefficient (Wildman–Crippen LogP) is 6.71. The number of hydrogen-bond acceptors (Lipinski definition) is 2. The molecule has 22 heavy (non-hydrogen) atoms. The van der Waals surface area contributed by atoms with Gasteiger partial charge < -0.3 is 4.74 Å². The minimum atomic E-state index is 0.687. The zero-order chi connectivity index (χ0) is 16.1. The van der Waals surface area contributed by atoms with Crippen LogP contribution in [0.4, 0.5) is 5.69 Å². The van der Waals surface area contributed by atoms with E-state index in [9.17, 15) is 0 Å². The van der Waals surface area contributed by atoms with E-state index >= 15 is 0 Å². The maximum Gasteiger partial charge on any atom is 0.147 e. The van der Waals surface area contributed by atoms with Crippen molar-refractivity contribution in [2.45, 2.75) is 20.3 Å². The number of aliphatic imine (C=N–C) groups is 1. The summed E-state index contributed by atoms with van der Waals surface area (Å²) in [7, 11) is 0. The van der Waals surface area contributed by atoms with Gasteiger partial charge in [-0.3, -0.25) is 4.99 Å². The van der Waals surface area contributed by atoms with E-state index in [1.54, 1.807) is 6.21 Å². The Kier molecular flexibility index (Phi) is 6.48. The summed E-state index contributed by atoms with van der Waals surface area (Å²) in [6, 6.07) is 9.73. The molecule has 116 valence electrons. The van der Waals surface area contributed by atoms with Gasteiger partial charge in [-0.1, -0.05) is 24.6 Å². The molecule has 0 unspecified atom stereocenters. The lowest BCUT2D eigenvalue weighted by atomic mass is 10.2. The molecule has 5 heteroatoms. The number of hydrogen-bond donors (Lipinski definition) is 0. The molecular formula is C17H16Br2ClNO. The summed E-state index contributed by atoms with van der Waals surface area (Å²) in [4.78, 5) is 4.46. The second-order valence-corrected chi connectivity index (χ2v) is 6.97. The average molecular weight is 446 g/mol. The first-order valence-electron chi connectivity index (χ1n) is 6.93. The molecule has 0 saturated heterocycles. The van der Waals surface area contributed by atoms with Crippen LogP contribution in [-0.2, 0) is 0 Å². The van der Waals surface area contributed by atoms with E-state index in [-0.39, 0.29) is 0 Å². The van der Waals surface area contributed by atoms with Crippen molar-refractivity contribution in [2.24, 2.45) is 4.99 Å². The van der Waals surface area contributed by atoms with Gasteiger partial charge in [0, 0.05) is 11.2 Å². The molecule has 0 aliphatic rings. The number of benzene rings is 2. The summed E-state index contributed by atoms with van der Waals surface area (Å²) in [6.07, 6.45) is 2.77. The van der Waals surface area contributed by atoms with Crippen LogP contribution in [0.3, 0.4) is 0 Å². The highest BCUT2D eigenvalue weighted by Gasteiger charge is 2.08. The first-order valence-corrected chi connectivity index (χ1v) is 8.89. The fraction of sp³-hybridized carbons (Fsp3) is 0.235. The number of halogens is 3. The molecule has 0 saturated carbocycles. The molecule has 0 heterocycles. The number of rotatable bonds is 5. The van der Waals surface area contributed by atoms with Gasteiger partial charge in [0.15, 0.2) is 0 Å². The lowest BCUT2D eigenvalue weighted by Crippen LogP contribution is -1.97. The molecule has 0 aliphatic carbocycles. The Morgan fingerprint density at radius 2 is 1.86 bits per heavy atom. The van der Waals surface area contributed by atoms with Crippen molar-refractivity contribution in [3.05, 3.63) is 55.4 Å². The van der Waals surface area contributed by atoms with E-state index in [2.05, 4.69) is 43.8 Å². The van der Waals surface area contributed by atoms with Crippen LogP contribution in [0.15, 0.2) is 44.3 Å². The molecule has 0 radical (unpaired) electrons. The van der Waals surface area contributed by atoms with E-state index in [4.69, 9.17) is 16.3 Å². The van der Waals surface area contributed by atoms with Gasteiger partial charge >= 0.3 is 0 Å². The van der Waals surface area contributed by atoms with E-state index in [0.29, 0.717) is 6.61 Å². The summed E-state index contributed by atoms with van der Waals surface area (Å²) < 4.78 is 7.51. The average Bonchev–Trinajstić information content (AvgIpc) is 2.48. The molecule has 0 N–H and O–H groups in total. The van der Waals surface area contributed by atoms with Crippen LogP contribution in [-0.4, -0.2) is 12.8 Å². The Morgan fingerprint density at radius 1 is 1.18 bits per heavy atom. The van der Waals surface area contributed by atoms with Crippen LogP contribution >= 0.6 is 43.5 Å².